The SMILES string of the molecule is ClC(CCC1CCCO1)c1ccc2c(c1)OCCCO2. The first-order valence-electron chi connectivity index (χ1n) is 7.48. The van der Waals surface area contributed by atoms with Gasteiger partial charge in [-0.15, -0.1) is 11.6 Å². The molecule has 0 N–H and O–H groups in total. The third kappa shape index (κ3) is 3.39. The van der Waals surface area contributed by atoms with E-state index in [1.54, 1.807) is 0 Å². The molecule has 3 rings (SSSR count). The molecule has 0 bridgehead atoms. The van der Waals surface area contributed by atoms with Gasteiger partial charge in [0.2, 0.25) is 0 Å². The van der Waals surface area contributed by atoms with Gasteiger partial charge in [0.15, 0.2) is 11.5 Å². The lowest BCUT2D eigenvalue weighted by molar-refractivity contribution is 0.102. The monoisotopic (exact) mass is 296 g/mol. The molecule has 2 atom stereocenters. The van der Waals surface area contributed by atoms with Crippen LogP contribution in [0.4, 0.5) is 0 Å². The maximum absolute atomic E-state index is 6.52. The van der Waals surface area contributed by atoms with Crippen molar-refractivity contribution in [1.82, 2.24) is 0 Å². The molecule has 3 nitrogen and oxygen atoms in total. The van der Waals surface area contributed by atoms with Gasteiger partial charge in [-0.05, 0) is 43.4 Å². The minimum Gasteiger partial charge on any atom is -0.490 e. The minimum atomic E-state index is 0.0105. The van der Waals surface area contributed by atoms with Gasteiger partial charge in [-0.1, -0.05) is 6.07 Å². The van der Waals surface area contributed by atoms with Crippen molar-refractivity contribution in [3.63, 3.8) is 0 Å². The number of rotatable bonds is 4. The lowest BCUT2D eigenvalue weighted by Gasteiger charge is -2.15. The second kappa shape index (κ2) is 6.68. The van der Waals surface area contributed by atoms with Crippen molar-refractivity contribution >= 4 is 11.6 Å². The molecule has 0 spiro atoms. The number of hydrogen-bond acceptors (Lipinski definition) is 3. The fraction of sp³-hybridized carbons (Fsp3) is 0.625. The van der Waals surface area contributed by atoms with E-state index in [2.05, 4.69) is 0 Å². The van der Waals surface area contributed by atoms with Crippen molar-refractivity contribution in [3.8, 4) is 11.5 Å². The topological polar surface area (TPSA) is 27.7 Å². The Morgan fingerprint density at radius 1 is 1.10 bits per heavy atom. The smallest absolute Gasteiger partial charge is 0.161 e. The predicted molar refractivity (Wildman–Crippen MR) is 78.9 cm³/mol. The van der Waals surface area contributed by atoms with Gasteiger partial charge in [0, 0.05) is 13.0 Å². The van der Waals surface area contributed by atoms with E-state index in [-0.39, 0.29) is 5.38 Å². The molecule has 2 unspecified atom stereocenters. The van der Waals surface area contributed by atoms with Gasteiger partial charge in [0.1, 0.15) is 0 Å². The summed E-state index contributed by atoms with van der Waals surface area (Å²) in [6.45, 7) is 2.33. The summed E-state index contributed by atoms with van der Waals surface area (Å²) >= 11 is 6.52. The van der Waals surface area contributed by atoms with Crippen LogP contribution in [-0.4, -0.2) is 25.9 Å². The number of alkyl halides is 1. The van der Waals surface area contributed by atoms with Crippen molar-refractivity contribution in [3.05, 3.63) is 23.8 Å². The summed E-state index contributed by atoms with van der Waals surface area (Å²) < 4.78 is 17.0. The molecule has 2 aliphatic rings. The summed E-state index contributed by atoms with van der Waals surface area (Å²) in [5.74, 6) is 1.65. The fourth-order valence-corrected chi connectivity index (χ4v) is 3.01. The molecule has 110 valence electrons. The zero-order valence-corrected chi connectivity index (χ0v) is 12.4. The highest BCUT2D eigenvalue weighted by Gasteiger charge is 2.19. The molecular weight excluding hydrogens is 276 g/mol. The summed E-state index contributed by atoms with van der Waals surface area (Å²) in [6, 6.07) is 6.03. The number of halogens is 1. The van der Waals surface area contributed by atoms with Gasteiger partial charge in [-0.3, -0.25) is 0 Å². The van der Waals surface area contributed by atoms with E-state index in [0.29, 0.717) is 12.7 Å². The zero-order valence-electron chi connectivity index (χ0n) is 11.6. The lowest BCUT2D eigenvalue weighted by Crippen LogP contribution is -2.06. The first kappa shape index (κ1) is 14.0. The average Bonchev–Trinajstić information content (AvgIpc) is 2.88. The maximum Gasteiger partial charge on any atom is 0.161 e. The van der Waals surface area contributed by atoms with Crippen LogP contribution in [0, 0.1) is 0 Å². The van der Waals surface area contributed by atoms with E-state index in [4.69, 9.17) is 25.8 Å². The van der Waals surface area contributed by atoms with Gasteiger partial charge >= 0.3 is 0 Å². The first-order valence-corrected chi connectivity index (χ1v) is 7.92. The van der Waals surface area contributed by atoms with Crippen LogP contribution in [0.5, 0.6) is 11.5 Å². The second-order valence-electron chi connectivity index (χ2n) is 5.44. The van der Waals surface area contributed by atoms with E-state index < -0.39 is 0 Å². The number of ether oxygens (including phenoxy) is 3. The molecule has 2 heterocycles. The summed E-state index contributed by atoms with van der Waals surface area (Å²) in [4.78, 5) is 0. The third-order valence-corrected chi connectivity index (χ3v) is 4.37. The quantitative estimate of drug-likeness (QED) is 0.783. The Morgan fingerprint density at radius 3 is 2.75 bits per heavy atom. The Bertz CT molecular complexity index is 443. The van der Waals surface area contributed by atoms with Crippen LogP contribution in [0.2, 0.25) is 0 Å². The molecule has 0 radical (unpaired) electrons. The maximum atomic E-state index is 6.52. The van der Waals surface area contributed by atoms with Crippen LogP contribution < -0.4 is 9.47 Å². The van der Waals surface area contributed by atoms with Crippen LogP contribution in [0.3, 0.4) is 0 Å². The molecule has 0 amide bonds. The molecule has 1 aromatic carbocycles. The highest BCUT2D eigenvalue weighted by Crippen LogP contribution is 2.36. The third-order valence-electron chi connectivity index (χ3n) is 3.90. The first-order chi connectivity index (χ1) is 9.83. The van der Waals surface area contributed by atoms with E-state index in [1.807, 2.05) is 18.2 Å². The van der Waals surface area contributed by atoms with E-state index in [9.17, 15) is 0 Å². The highest BCUT2D eigenvalue weighted by atomic mass is 35.5. The Balaban J connectivity index is 1.62. The molecule has 1 fully saturated rings. The van der Waals surface area contributed by atoms with Crippen LogP contribution in [-0.2, 0) is 4.74 Å². The average molecular weight is 297 g/mol. The lowest BCUT2D eigenvalue weighted by atomic mass is 10.0. The number of hydrogen-bond donors (Lipinski definition) is 0. The van der Waals surface area contributed by atoms with Crippen LogP contribution in [0.15, 0.2) is 18.2 Å². The standard InChI is InChI=1S/C16H21ClO3/c17-14(6-5-13-3-1-8-18-13)12-4-7-15-16(11-12)20-10-2-9-19-15/h4,7,11,13-14H,1-3,5-6,8-10H2. The molecular formula is C16H21ClO3. The summed E-state index contributed by atoms with van der Waals surface area (Å²) in [5, 5.41) is 0.0105. The van der Waals surface area contributed by atoms with Crippen LogP contribution in [0.25, 0.3) is 0 Å². The molecule has 2 aliphatic heterocycles. The number of benzene rings is 1. The molecule has 0 aliphatic carbocycles. The molecule has 0 saturated carbocycles. The van der Waals surface area contributed by atoms with E-state index in [1.165, 1.54) is 12.8 Å². The van der Waals surface area contributed by atoms with Crippen molar-refractivity contribution in [2.75, 3.05) is 19.8 Å². The van der Waals surface area contributed by atoms with Crippen LogP contribution in [0.1, 0.15) is 43.0 Å². The van der Waals surface area contributed by atoms with Gasteiger partial charge < -0.3 is 14.2 Å². The summed E-state index contributed by atoms with van der Waals surface area (Å²) in [5.41, 5.74) is 1.11. The zero-order chi connectivity index (χ0) is 13.8. The molecule has 1 saturated heterocycles. The van der Waals surface area contributed by atoms with E-state index in [0.717, 1.165) is 49.5 Å². The van der Waals surface area contributed by atoms with Crippen molar-refractivity contribution in [2.24, 2.45) is 0 Å². The fourth-order valence-electron chi connectivity index (χ4n) is 2.75. The predicted octanol–water partition coefficient (Wildman–Crippen LogP) is 4.09. The Hall–Kier alpha value is -0.930. The molecule has 4 heteroatoms. The summed E-state index contributed by atoms with van der Waals surface area (Å²) in [6.07, 6.45) is 5.64. The number of fused-ring (bicyclic) bond motifs is 1. The van der Waals surface area contributed by atoms with Crippen LogP contribution >= 0.6 is 11.6 Å². The van der Waals surface area contributed by atoms with Crippen molar-refractivity contribution < 1.29 is 14.2 Å². The highest BCUT2D eigenvalue weighted by molar-refractivity contribution is 6.20. The van der Waals surface area contributed by atoms with Crippen molar-refractivity contribution in [2.45, 2.75) is 43.6 Å². The Morgan fingerprint density at radius 2 is 1.95 bits per heavy atom. The Kier molecular flexibility index (Phi) is 4.69. The summed E-state index contributed by atoms with van der Waals surface area (Å²) in [7, 11) is 0. The molecule has 1 aromatic rings. The minimum absolute atomic E-state index is 0.0105. The molecule has 20 heavy (non-hydrogen) atoms. The van der Waals surface area contributed by atoms with Gasteiger partial charge in [-0.25, -0.2) is 0 Å². The largest absolute Gasteiger partial charge is 0.490 e. The van der Waals surface area contributed by atoms with Gasteiger partial charge in [-0.2, -0.15) is 0 Å². The normalized spacial score (nSPS) is 23.4. The second-order valence-corrected chi connectivity index (χ2v) is 5.96. The Labute approximate surface area is 125 Å². The van der Waals surface area contributed by atoms with E-state index >= 15 is 0 Å². The van der Waals surface area contributed by atoms with Gasteiger partial charge in [0.25, 0.3) is 0 Å². The molecule has 0 aromatic heterocycles. The van der Waals surface area contributed by atoms with Crippen molar-refractivity contribution in [1.29, 1.82) is 0 Å². The van der Waals surface area contributed by atoms with Gasteiger partial charge in [0.05, 0.1) is 24.7 Å².